The Balaban J connectivity index is 1.39. The molecule has 2 atom stereocenters. The minimum atomic E-state index is -0.826. The van der Waals surface area contributed by atoms with Gasteiger partial charge >= 0.3 is 5.97 Å². The van der Waals surface area contributed by atoms with Crippen LogP contribution in [0.25, 0.3) is 0 Å². The molecule has 0 bridgehead atoms. The Hall–Kier alpha value is -4.84. The van der Waals surface area contributed by atoms with Crippen molar-refractivity contribution in [3.63, 3.8) is 0 Å². The molecule has 0 saturated carbocycles. The number of fused-ring (bicyclic) bond motifs is 1. The zero-order chi connectivity index (χ0) is 33.5. The monoisotopic (exact) mass is 718 g/mol. The van der Waals surface area contributed by atoms with Crippen LogP contribution in [-0.4, -0.2) is 65.3 Å². The average molecular weight is 719 g/mol. The molecule has 1 saturated heterocycles. The van der Waals surface area contributed by atoms with Gasteiger partial charge in [0.25, 0.3) is 5.91 Å². The van der Waals surface area contributed by atoms with Crippen LogP contribution in [-0.2, 0) is 24.0 Å². The summed E-state index contributed by atoms with van der Waals surface area (Å²) in [7, 11) is 0. The number of β-lactam (4-membered cyclic amide) rings is 1. The Bertz CT molecular complexity index is 1840. The van der Waals surface area contributed by atoms with E-state index < -0.39 is 28.7 Å². The van der Waals surface area contributed by atoms with E-state index in [4.69, 9.17) is 15.3 Å². The van der Waals surface area contributed by atoms with Gasteiger partial charge in [0.15, 0.2) is 15.6 Å². The number of hydrogen-bond donors (Lipinski definition) is 2. The van der Waals surface area contributed by atoms with Crippen molar-refractivity contribution in [2.24, 2.45) is 5.16 Å². The molecular formula is C31H26N8O5S4. The normalized spacial score (nSPS) is 17.6. The van der Waals surface area contributed by atoms with Crippen LogP contribution >= 0.6 is 46.4 Å². The third-order valence-electron chi connectivity index (χ3n) is 6.85. The average Bonchev–Trinajstić information content (AvgIpc) is 3.78. The van der Waals surface area contributed by atoms with Crippen LogP contribution < -0.4 is 11.1 Å². The molecule has 3 N–H and O–H groups in total. The molecule has 6 rings (SSSR count). The van der Waals surface area contributed by atoms with Gasteiger partial charge in [0, 0.05) is 17.1 Å². The van der Waals surface area contributed by atoms with Gasteiger partial charge in [-0.15, -0.1) is 22.0 Å². The molecule has 2 aliphatic heterocycles. The van der Waals surface area contributed by atoms with Crippen molar-refractivity contribution in [3.8, 4) is 0 Å². The topological polar surface area (TPSA) is 175 Å². The lowest BCUT2D eigenvalue weighted by atomic mass is 10.0. The number of thioether (sulfide) groups is 2. The predicted octanol–water partition coefficient (Wildman–Crippen LogP) is 4.52. The van der Waals surface area contributed by atoms with E-state index in [1.807, 2.05) is 60.7 Å². The van der Waals surface area contributed by atoms with Crippen LogP contribution in [0, 0.1) is 0 Å². The van der Waals surface area contributed by atoms with Crippen molar-refractivity contribution in [2.75, 3.05) is 12.3 Å². The van der Waals surface area contributed by atoms with Gasteiger partial charge in [-0.2, -0.15) is 9.36 Å². The van der Waals surface area contributed by atoms with E-state index in [9.17, 15) is 14.4 Å². The highest BCUT2D eigenvalue weighted by Gasteiger charge is 2.49. The number of aromatic nitrogens is 4. The van der Waals surface area contributed by atoms with Crippen LogP contribution in [0.2, 0.25) is 0 Å². The SMILES string of the molecule is C=CCO/N=C(/C(=O)NC1SC2CC(=O)N2C(C(=O)OC(c2ccccc2)c2ccccc2)=C1/C=C/Sc1nncs1)c1nsc(N)n1. The van der Waals surface area contributed by atoms with Gasteiger partial charge in [-0.1, -0.05) is 102 Å². The minimum absolute atomic E-state index is 0.0173. The second-order valence-electron chi connectivity index (χ2n) is 9.93. The number of nitrogens with two attached hydrogens (primary N) is 1. The lowest BCUT2D eigenvalue weighted by Gasteiger charge is -2.46. The fraction of sp³-hybridized carbons (Fsp3) is 0.161. The van der Waals surface area contributed by atoms with Gasteiger partial charge in [0.1, 0.15) is 23.2 Å². The van der Waals surface area contributed by atoms with Crippen molar-refractivity contribution in [1.82, 2.24) is 29.8 Å². The standard InChI is InChI=1S/C31H26N8O5S4/c1-2-14-43-37-23(26-34-30(32)48-38-26)27(41)35-28-20(13-15-45-31-36-33-17-46-31)24(39-21(40)16-22(39)47-28)29(42)44-25(18-9-5-3-6-10-18)19-11-7-4-8-12-19/h2-13,15,17,22,25,28H,1,14,16H2,(H,35,41)(H2,32,34,38)/b15-13+,37-23+. The summed E-state index contributed by atoms with van der Waals surface area (Å²) in [6.45, 7) is 3.63. The van der Waals surface area contributed by atoms with Crippen molar-refractivity contribution in [1.29, 1.82) is 0 Å². The van der Waals surface area contributed by atoms with E-state index in [1.165, 1.54) is 45.8 Å². The second kappa shape index (κ2) is 15.4. The highest BCUT2D eigenvalue weighted by Crippen LogP contribution is 2.45. The van der Waals surface area contributed by atoms with Crippen LogP contribution in [0.3, 0.4) is 0 Å². The number of amides is 2. The Morgan fingerprint density at radius 2 is 1.90 bits per heavy atom. The zero-order valence-electron chi connectivity index (χ0n) is 24.9. The number of esters is 1. The van der Waals surface area contributed by atoms with E-state index in [1.54, 1.807) is 17.0 Å². The smallest absolute Gasteiger partial charge is 0.356 e. The predicted molar refractivity (Wildman–Crippen MR) is 185 cm³/mol. The van der Waals surface area contributed by atoms with Gasteiger partial charge in [0.05, 0.1) is 11.8 Å². The number of oxime groups is 1. The summed E-state index contributed by atoms with van der Waals surface area (Å²) in [6, 6.07) is 18.6. The largest absolute Gasteiger partial charge is 0.448 e. The Labute approximate surface area is 291 Å². The van der Waals surface area contributed by atoms with E-state index in [0.717, 1.165) is 22.7 Å². The van der Waals surface area contributed by atoms with E-state index in [2.05, 4.69) is 36.6 Å². The third kappa shape index (κ3) is 7.49. The first-order valence-electron chi connectivity index (χ1n) is 14.3. The lowest BCUT2D eigenvalue weighted by molar-refractivity contribution is -0.151. The Kier molecular flexibility index (Phi) is 10.6. The number of nitrogens with zero attached hydrogens (tertiary/aromatic N) is 6. The summed E-state index contributed by atoms with van der Waals surface area (Å²) in [5.74, 6) is -1.69. The number of nitrogens with one attached hydrogen (secondary N) is 1. The van der Waals surface area contributed by atoms with Crippen molar-refractivity contribution >= 4 is 75.0 Å². The first kappa shape index (κ1) is 33.1. The van der Waals surface area contributed by atoms with Crippen molar-refractivity contribution in [3.05, 3.63) is 119 Å². The molecule has 0 aliphatic carbocycles. The van der Waals surface area contributed by atoms with E-state index in [-0.39, 0.29) is 41.3 Å². The highest BCUT2D eigenvalue weighted by atomic mass is 32.2. The molecule has 1 fully saturated rings. The number of hydrogen-bond acceptors (Lipinski definition) is 15. The second-order valence-corrected chi connectivity index (χ2v) is 14.0. The number of ether oxygens (including phenoxy) is 1. The van der Waals surface area contributed by atoms with Gasteiger partial charge in [-0.05, 0) is 22.6 Å². The maximum atomic E-state index is 14.3. The minimum Gasteiger partial charge on any atom is -0.448 e. The zero-order valence-corrected chi connectivity index (χ0v) is 28.1. The number of carbonyl (C=O) groups excluding carboxylic acids is 3. The van der Waals surface area contributed by atoms with Crippen molar-refractivity contribution < 1.29 is 24.0 Å². The first-order chi connectivity index (χ1) is 23.4. The molecule has 2 aromatic carbocycles. The maximum Gasteiger partial charge on any atom is 0.356 e. The van der Waals surface area contributed by atoms with Crippen LogP contribution in [0.5, 0.6) is 0 Å². The summed E-state index contributed by atoms with van der Waals surface area (Å²) < 4.78 is 11.0. The highest BCUT2D eigenvalue weighted by molar-refractivity contribution is 8.03. The maximum absolute atomic E-state index is 14.3. The molecule has 2 amide bonds. The first-order valence-corrected chi connectivity index (χ1v) is 17.7. The number of rotatable bonds is 13. The van der Waals surface area contributed by atoms with Gasteiger partial charge in [-0.3, -0.25) is 14.5 Å². The molecule has 2 aliphatic rings. The lowest BCUT2D eigenvalue weighted by Crippen LogP contribution is -2.57. The van der Waals surface area contributed by atoms with E-state index >= 15 is 0 Å². The van der Waals surface area contributed by atoms with E-state index in [0.29, 0.717) is 9.91 Å². The molecule has 0 spiro atoms. The van der Waals surface area contributed by atoms with Gasteiger partial charge in [0.2, 0.25) is 17.4 Å². The molecule has 4 heterocycles. The van der Waals surface area contributed by atoms with Gasteiger partial charge < -0.3 is 20.6 Å². The molecule has 48 heavy (non-hydrogen) atoms. The Morgan fingerprint density at radius 1 is 1.17 bits per heavy atom. The molecular weight excluding hydrogens is 693 g/mol. The summed E-state index contributed by atoms with van der Waals surface area (Å²) in [4.78, 5) is 51.9. The molecule has 13 nitrogen and oxygen atoms in total. The molecule has 2 aromatic heterocycles. The van der Waals surface area contributed by atoms with Gasteiger partial charge in [-0.25, -0.2) is 4.79 Å². The summed E-state index contributed by atoms with van der Waals surface area (Å²) in [5, 5.41) is 15.4. The number of anilines is 1. The fourth-order valence-corrected chi connectivity index (χ4v) is 7.80. The Morgan fingerprint density at radius 3 is 2.50 bits per heavy atom. The van der Waals surface area contributed by atoms with Crippen LogP contribution in [0.15, 0.2) is 111 Å². The fourth-order valence-electron chi connectivity index (χ4n) is 4.74. The molecule has 4 aromatic rings. The van der Waals surface area contributed by atoms with Crippen LogP contribution in [0.1, 0.15) is 29.5 Å². The molecule has 0 radical (unpaired) electrons. The number of benzene rings is 2. The third-order valence-corrected chi connectivity index (χ3v) is 10.3. The summed E-state index contributed by atoms with van der Waals surface area (Å²) >= 11 is 4.80. The quantitative estimate of drug-likeness (QED) is 0.0377. The summed E-state index contributed by atoms with van der Waals surface area (Å²) in [5.41, 5.74) is 9.01. The number of carbonyl (C=O) groups is 3. The molecule has 2 unspecified atom stereocenters. The molecule has 17 heteroatoms. The summed E-state index contributed by atoms with van der Waals surface area (Å²) in [6.07, 6.45) is 2.52. The number of nitrogen functional groups attached to an aromatic ring is 1. The van der Waals surface area contributed by atoms with Crippen molar-refractivity contribution in [2.45, 2.75) is 27.6 Å². The van der Waals surface area contributed by atoms with Crippen LogP contribution in [0.4, 0.5) is 5.13 Å². The molecule has 244 valence electrons.